The highest BCUT2D eigenvalue weighted by Gasteiger charge is 1.89. The summed E-state index contributed by atoms with van der Waals surface area (Å²) in [5, 5.41) is -0.444. The molecule has 0 radical (unpaired) electrons. The number of carbonyl (C=O) groups is 1. The molecule has 1 aromatic rings. The molecule has 2 heteroatoms. The second kappa shape index (κ2) is 5.40. The molecule has 0 heterocycles. The minimum atomic E-state index is -0.444. The van der Waals surface area contributed by atoms with Crippen LogP contribution in [0.1, 0.15) is 12.5 Å². The van der Waals surface area contributed by atoms with Crippen molar-refractivity contribution in [3.05, 3.63) is 53.6 Å². The van der Waals surface area contributed by atoms with Gasteiger partial charge in [0.2, 0.25) is 5.24 Å². The van der Waals surface area contributed by atoms with Gasteiger partial charge in [0.25, 0.3) is 0 Å². The standard InChI is InChI=1S/C12H11ClO/c1-10(9-12(13)14)7-8-11-5-3-2-4-6-11/h2-9H,1H3. The molecule has 0 spiro atoms. The van der Waals surface area contributed by atoms with Crippen LogP contribution in [0.2, 0.25) is 0 Å². The smallest absolute Gasteiger partial charge is 0.245 e. The third-order valence-electron chi connectivity index (χ3n) is 1.68. The van der Waals surface area contributed by atoms with Crippen molar-refractivity contribution >= 4 is 22.9 Å². The number of allylic oxidation sites excluding steroid dienone is 3. The van der Waals surface area contributed by atoms with Crippen LogP contribution in [0.4, 0.5) is 0 Å². The van der Waals surface area contributed by atoms with Gasteiger partial charge in [-0.2, -0.15) is 0 Å². The minimum Gasteiger partial charge on any atom is -0.276 e. The fourth-order valence-electron chi connectivity index (χ4n) is 1.02. The van der Waals surface area contributed by atoms with Crippen molar-refractivity contribution in [2.75, 3.05) is 0 Å². The molecule has 72 valence electrons. The van der Waals surface area contributed by atoms with Crippen LogP contribution in [-0.4, -0.2) is 5.24 Å². The van der Waals surface area contributed by atoms with E-state index in [1.807, 2.05) is 49.4 Å². The van der Waals surface area contributed by atoms with Gasteiger partial charge >= 0.3 is 0 Å². The van der Waals surface area contributed by atoms with Crippen LogP contribution in [0.15, 0.2) is 48.1 Å². The molecular formula is C12H11ClO. The summed E-state index contributed by atoms with van der Waals surface area (Å²) in [6.07, 6.45) is 5.18. The number of benzene rings is 1. The van der Waals surface area contributed by atoms with Gasteiger partial charge in [0, 0.05) is 6.08 Å². The molecule has 0 aliphatic carbocycles. The Labute approximate surface area is 88.7 Å². The summed E-state index contributed by atoms with van der Waals surface area (Å²) in [6.45, 7) is 1.83. The van der Waals surface area contributed by atoms with Gasteiger partial charge in [-0.05, 0) is 29.7 Å². The predicted octanol–water partition coefficient (Wildman–Crippen LogP) is 3.41. The maximum absolute atomic E-state index is 10.5. The maximum atomic E-state index is 10.5. The zero-order valence-corrected chi connectivity index (χ0v) is 8.66. The van der Waals surface area contributed by atoms with E-state index in [1.54, 1.807) is 0 Å². The largest absolute Gasteiger partial charge is 0.276 e. The van der Waals surface area contributed by atoms with E-state index >= 15 is 0 Å². The molecule has 1 aromatic carbocycles. The molecule has 14 heavy (non-hydrogen) atoms. The van der Waals surface area contributed by atoms with Crippen LogP contribution in [-0.2, 0) is 4.79 Å². The molecule has 0 bridgehead atoms. The van der Waals surface area contributed by atoms with Gasteiger partial charge in [-0.1, -0.05) is 42.5 Å². The first-order chi connectivity index (χ1) is 6.68. The Kier molecular flexibility index (Phi) is 4.14. The lowest BCUT2D eigenvalue weighted by atomic mass is 10.2. The Bertz CT molecular complexity index is 363. The van der Waals surface area contributed by atoms with E-state index in [2.05, 4.69) is 0 Å². The number of rotatable bonds is 3. The first-order valence-corrected chi connectivity index (χ1v) is 4.67. The zero-order valence-electron chi connectivity index (χ0n) is 7.91. The number of carbonyl (C=O) groups excluding carboxylic acids is 1. The highest BCUT2D eigenvalue weighted by molar-refractivity contribution is 6.66. The number of hydrogen-bond donors (Lipinski definition) is 0. The van der Waals surface area contributed by atoms with Crippen molar-refractivity contribution in [3.63, 3.8) is 0 Å². The lowest BCUT2D eigenvalue weighted by Gasteiger charge is -1.91. The number of hydrogen-bond acceptors (Lipinski definition) is 1. The minimum absolute atomic E-state index is 0.444. The van der Waals surface area contributed by atoms with E-state index in [0.29, 0.717) is 0 Å². The molecule has 0 atom stereocenters. The molecule has 0 saturated heterocycles. The zero-order chi connectivity index (χ0) is 10.4. The molecule has 0 aromatic heterocycles. The summed E-state index contributed by atoms with van der Waals surface area (Å²) >= 11 is 5.21. The van der Waals surface area contributed by atoms with E-state index in [1.165, 1.54) is 6.08 Å². The Morgan fingerprint density at radius 2 is 1.93 bits per heavy atom. The van der Waals surface area contributed by atoms with Gasteiger partial charge in [-0.3, -0.25) is 4.79 Å². The summed E-state index contributed by atoms with van der Waals surface area (Å²) in [6, 6.07) is 9.87. The molecule has 0 aliphatic rings. The van der Waals surface area contributed by atoms with Gasteiger partial charge in [0.05, 0.1) is 0 Å². The first-order valence-electron chi connectivity index (χ1n) is 4.29. The van der Waals surface area contributed by atoms with Gasteiger partial charge in [-0.25, -0.2) is 0 Å². The van der Waals surface area contributed by atoms with Gasteiger partial charge in [-0.15, -0.1) is 0 Å². The van der Waals surface area contributed by atoms with E-state index in [4.69, 9.17) is 11.6 Å². The van der Waals surface area contributed by atoms with Gasteiger partial charge < -0.3 is 0 Å². The molecule has 0 aliphatic heterocycles. The highest BCUT2D eigenvalue weighted by Crippen LogP contribution is 2.04. The molecule has 1 rings (SSSR count). The Morgan fingerprint density at radius 1 is 1.29 bits per heavy atom. The lowest BCUT2D eigenvalue weighted by Crippen LogP contribution is -1.78. The van der Waals surface area contributed by atoms with Crippen LogP contribution < -0.4 is 0 Å². The van der Waals surface area contributed by atoms with Crippen molar-refractivity contribution in [3.8, 4) is 0 Å². The van der Waals surface area contributed by atoms with Crippen LogP contribution in [0.25, 0.3) is 6.08 Å². The molecule has 0 fully saturated rings. The van der Waals surface area contributed by atoms with E-state index in [-0.39, 0.29) is 0 Å². The molecular weight excluding hydrogens is 196 g/mol. The molecule has 1 nitrogen and oxygen atoms in total. The topological polar surface area (TPSA) is 17.1 Å². The summed E-state index contributed by atoms with van der Waals surface area (Å²) in [7, 11) is 0. The van der Waals surface area contributed by atoms with Gasteiger partial charge in [0.15, 0.2) is 0 Å². The predicted molar refractivity (Wildman–Crippen MR) is 60.1 cm³/mol. The van der Waals surface area contributed by atoms with E-state index in [9.17, 15) is 4.79 Å². The highest BCUT2D eigenvalue weighted by atomic mass is 35.5. The van der Waals surface area contributed by atoms with Crippen molar-refractivity contribution < 1.29 is 4.79 Å². The maximum Gasteiger partial charge on any atom is 0.245 e. The molecule has 0 unspecified atom stereocenters. The molecule has 0 amide bonds. The molecule has 0 N–H and O–H groups in total. The normalized spacial score (nSPS) is 12.0. The second-order valence-corrected chi connectivity index (χ2v) is 3.31. The van der Waals surface area contributed by atoms with E-state index in [0.717, 1.165) is 11.1 Å². The summed E-state index contributed by atoms with van der Waals surface area (Å²) in [4.78, 5) is 10.5. The third-order valence-corrected chi connectivity index (χ3v) is 1.79. The first kappa shape index (κ1) is 10.7. The van der Waals surface area contributed by atoms with E-state index < -0.39 is 5.24 Å². The summed E-state index contributed by atoms with van der Waals surface area (Å²) in [5.74, 6) is 0. The average molecular weight is 207 g/mol. The van der Waals surface area contributed by atoms with Crippen molar-refractivity contribution in [1.82, 2.24) is 0 Å². The van der Waals surface area contributed by atoms with Gasteiger partial charge in [0.1, 0.15) is 0 Å². The van der Waals surface area contributed by atoms with Crippen LogP contribution in [0, 0.1) is 0 Å². The average Bonchev–Trinajstić information content (AvgIpc) is 2.15. The number of halogens is 1. The van der Waals surface area contributed by atoms with Crippen LogP contribution in [0.5, 0.6) is 0 Å². The summed E-state index contributed by atoms with van der Waals surface area (Å²) < 4.78 is 0. The second-order valence-electron chi connectivity index (χ2n) is 2.94. The third kappa shape index (κ3) is 4.06. The fourth-order valence-corrected chi connectivity index (χ4v) is 1.19. The Morgan fingerprint density at radius 3 is 2.50 bits per heavy atom. The van der Waals surface area contributed by atoms with Crippen molar-refractivity contribution in [1.29, 1.82) is 0 Å². The van der Waals surface area contributed by atoms with Crippen LogP contribution >= 0.6 is 11.6 Å². The lowest BCUT2D eigenvalue weighted by molar-refractivity contribution is -0.107. The van der Waals surface area contributed by atoms with Crippen LogP contribution in [0.3, 0.4) is 0 Å². The van der Waals surface area contributed by atoms with Crippen molar-refractivity contribution in [2.45, 2.75) is 6.92 Å². The Hall–Kier alpha value is -1.34. The summed E-state index contributed by atoms with van der Waals surface area (Å²) in [5.41, 5.74) is 1.94. The quantitative estimate of drug-likeness (QED) is 0.421. The monoisotopic (exact) mass is 206 g/mol. The van der Waals surface area contributed by atoms with Crippen molar-refractivity contribution in [2.24, 2.45) is 0 Å². The Balaban J connectivity index is 2.70. The SMILES string of the molecule is CC(C=Cc1ccccc1)=CC(=O)Cl. The fraction of sp³-hybridized carbons (Fsp3) is 0.0833. The molecule has 0 saturated carbocycles.